The van der Waals surface area contributed by atoms with Gasteiger partial charge in [-0.1, -0.05) is 0 Å². The fourth-order valence-electron chi connectivity index (χ4n) is 0.553. The molecule has 0 unspecified atom stereocenters. The predicted molar refractivity (Wildman–Crippen MR) is 31.7 cm³/mol. The molecule has 0 saturated carbocycles. The molecule has 0 aromatic carbocycles. The van der Waals surface area contributed by atoms with Crippen molar-refractivity contribution < 1.29 is 48.3 Å². The molecule has 0 aromatic heterocycles. The van der Waals surface area contributed by atoms with Gasteiger partial charge in [0.15, 0.2) is 0 Å². The van der Waals surface area contributed by atoms with Gasteiger partial charge >= 0.3 is 29.3 Å². The van der Waals surface area contributed by atoms with E-state index in [0.29, 0.717) is 0 Å². The van der Waals surface area contributed by atoms with E-state index < -0.39 is 29.3 Å². The lowest BCUT2D eigenvalue weighted by molar-refractivity contribution is -0.413. The quantitative estimate of drug-likeness (QED) is 0.539. The third-order valence-electron chi connectivity index (χ3n) is 1.50. The van der Waals surface area contributed by atoms with Gasteiger partial charge in [0.1, 0.15) is 0 Å². The van der Waals surface area contributed by atoms with Gasteiger partial charge in [0, 0.05) is 0 Å². The van der Waals surface area contributed by atoms with Crippen LogP contribution in [0, 0.1) is 0 Å². The molecular formula is C5ClF11. The first kappa shape index (κ1) is 16.5. The standard InChI is InChI=1S/C5ClF11/c6-4(13,14)2(9,10)1(7,8)3(11,12)5(15,16)17. The molecule has 0 aliphatic carbocycles. The summed E-state index contributed by atoms with van der Waals surface area (Å²) in [6, 6.07) is 0. The molecule has 0 bridgehead atoms. The molecule has 0 rings (SSSR count). The lowest BCUT2D eigenvalue weighted by atomic mass is 10.0. The molecule has 0 heterocycles. The van der Waals surface area contributed by atoms with E-state index in [2.05, 4.69) is 11.6 Å². The third kappa shape index (κ3) is 2.25. The van der Waals surface area contributed by atoms with E-state index in [1.54, 1.807) is 0 Å². The average Bonchev–Trinajstić information content (AvgIpc) is 1.98. The Morgan fingerprint density at radius 3 is 0.941 bits per heavy atom. The molecule has 0 N–H and O–H groups in total. The van der Waals surface area contributed by atoms with E-state index in [9.17, 15) is 48.3 Å². The van der Waals surface area contributed by atoms with E-state index in [-0.39, 0.29) is 0 Å². The smallest absolute Gasteiger partial charge is 0.192 e. The van der Waals surface area contributed by atoms with Crippen LogP contribution in [0.25, 0.3) is 0 Å². The highest BCUT2D eigenvalue weighted by Crippen LogP contribution is 2.58. The summed E-state index contributed by atoms with van der Waals surface area (Å²) in [5, 5.41) is -6.29. The Kier molecular flexibility index (Phi) is 3.65. The summed E-state index contributed by atoms with van der Waals surface area (Å²) in [7, 11) is 0. The van der Waals surface area contributed by atoms with Gasteiger partial charge in [0.2, 0.25) is 0 Å². The van der Waals surface area contributed by atoms with Gasteiger partial charge in [-0.3, -0.25) is 0 Å². The minimum absolute atomic E-state index is 3.40. The lowest BCUT2D eigenvalue weighted by Crippen LogP contribution is -2.65. The Labute approximate surface area is 90.3 Å². The molecular weight excluding hydrogens is 304 g/mol. The Morgan fingerprint density at radius 2 is 0.765 bits per heavy atom. The molecule has 0 saturated heterocycles. The predicted octanol–water partition coefficient (Wildman–Crippen LogP) is 4.29. The monoisotopic (exact) mass is 304 g/mol. The first-order chi connectivity index (χ1) is 7.00. The number of rotatable bonds is 3. The van der Waals surface area contributed by atoms with Crippen molar-refractivity contribution in [2.75, 3.05) is 0 Å². The van der Waals surface area contributed by atoms with Crippen molar-refractivity contribution in [2.24, 2.45) is 0 Å². The van der Waals surface area contributed by atoms with Gasteiger partial charge in [-0.2, -0.15) is 48.3 Å². The van der Waals surface area contributed by atoms with Crippen molar-refractivity contribution in [3.05, 3.63) is 0 Å². The van der Waals surface area contributed by atoms with E-state index >= 15 is 0 Å². The van der Waals surface area contributed by atoms with Crippen LogP contribution in [0.2, 0.25) is 0 Å². The lowest BCUT2D eigenvalue weighted by Gasteiger charge is -2.34. The molecule has 0 aliphatic rings. The SMILES string of the molecule is FC(F)(F)C(F)(F)C(F)(F)C(F)(F)C(F)(F)Cl. The Balaban J connectivity index is 5.73. The van der Waals surface area contributed by atoms with Crippen LogP contribution in [0.3, 0.4) is 0 Å². The molecule has 0 fully saturated rings. The molecule has 0 aromatic rings. The van der Waals surface area contributed by atoms with E-state index in [4.69, 9.17) is 0 Å². The first-order valence-corrected chi connectivity index (χ1v) is 3.65. The second-order valence-electron chi connectivity index (χ2n) is 2.72. The van der Waals surface area contributed by atoms with Crippen molar-refractivity contribution in [3.8, 4) is 0 Å². The Bertz CT molecular complexity index is 255. The number of halogens is 12. The summed E-state index contributed by atoms with van der Waals surface area (Å²) in [5.41, 5.74) is 0. The minimum Gasteiger partial charge on any atom is -0.192 e. The van der Waals surface area contributed by atoms with Crippen LogP contribution in [-0.4, -0.2) is 29.3 Å². The van der Waals surface area contributed by atoms with Crippen LogP contribution < -0.4 is 0 Å². The van der Waals surface area contributed by atoms with Crippen LogP contribution >= 0.6 is 11.6 Å². The fraction of sp³-hybridized carbons (Fsp3) is 1.00. The molecule has 0 aliphatic heterocycles. The number of hydrogen-bond acceptors (Lipinski definition) is 0. The highest BCUT2D eigenvalue weighted by Gasteiger charge is 2.87. The van der Waals surface area contributed by atoms with Gasteiger partial charge < -0.3 is 0 Å². The van der Waals surface area contributed by atoms with Crippen LogP contribution in [0.4, 0.5) is 48.3 Å². The highest BCUT2D eigenvalue weighted by molar-refractivity contribution is 6.22. The summed E-state index contributed by atoms with van der Waals surface area (Å²) in [4.78, 5) is 0. The second kappa shape index (κ2) is 3.75. The summed E-state index contributed by atoms with van der Waals surface area (Å²) < 4.78 is 130. The van der Waals surface area contributed by atoms with Crippen molar-refractivity contribution in [1.29, 1.82) is 0 Å². The fourth-order valence-corrected chi connectivity index (χ4v) is 0.672. The van der Waals surface area contributed by atoms with Crippen LogP contribution in [0.15, 0.2) is 0 Å². The topological polar surface area (TPSA) is 0 Å². The summed E-state index contributed by atoms with van der Waals surface area (Å²) >= 11 is 3.40. The van der Waals surface area contributed by atoms with Crippen molar-refractivity contribution in [3.63, 3.8) is 0 Å². The van der Waals surface area contributed by atoms with Gasteiger partial charge in [-0.05, 0) is 11.6 Å². The maximum atomic E-state index is 12.2. The molecule has 0 atom stereocenters. The summed E-state index contributed by atoms with van der Waals surface area (Å²) in [5.74, 6) is -21.9. The van der Waals surface area contributed by atoms with Crippen molar-refractivity contribution >= 4 is 11.6 Å². The molecule has 0 radical (unpaired) electrons. The average molecular weight is 304 g/mol. The normalized spacial score (nSPS) is 16.2. The molecule has 0 spiro atoms. The largest absolute Gasteiger partial charge is 0.460 e. The first-order valence-electron chi connectivity index (χ1n) is 3.27. The zero-order valence-electron chi connectivity index (χ0n) is 7.04. The zero-order chi connectivity index (χ0) is 14.5. The molecule has 0 nitrogen and oxygen atoms in total. The summed E-state index contributed by atoms with van der Waals surface area (Å²) in [6.07, 6.45) is -7.15. The summed E-state index contributed by atoms with van der Waals surface area (Å²) in [6.45, 7) is 0. The van der Waals surface area contributed by atoms with Crippen molar-refractivity contribution in [1.82, 2.24) is 0 Å². The highest BCUT2D eigenvalue weighted by atomic mass is 35.5. The maximum absolute atomic E-state index is 12.2. The van der Waals surface area contributed by atoms with E-state index in [0.717, 1.165) is 0 Å². The van der Waals surface area contributed by atoms with Crippen molar-refractivity contribution in [2.45, 2.75) is 29.3 Å². The van der Waals surface area contributed by atoms with E-state index in [1.807, 2.05) is 0 Å². The van der Waals surface area contributed by atoms with Crippen LogP contribution in [0.5, 0.6) is 0 Å². The molecule has 12 heteroatoms. The van der Waals surface area contributed by atoms with Gasteiger partial charge in [-0.15, -0.1) is 0 Å². The van der Waals surface area contributed by atoms with Crippen LogP contribution in [-0.2, 0) is 0 Å². The molecule has 17 heavy (non-hydrogen) atoms. The second-order valence-corrected chi connectivity index (χ2v) is 3.19. The van der Waals surface area contributed by atoms with Gasteiger partial charge in [-0.25, -0.2) is 0 Å². The maximum Gasteiger partial charge on any atom is 0.460 e. The third-order valence-corrected chi connectivity index (χ3v) is 1.74. The van der Waals surface area contributed by atoms with Crippen LogP contribution in [0.1, 0.15) is 0 Å². The molecule has 104 valence electrons. The van der Waals surface area contributed by atoms with Gasteiger partial charge in [0.25, 0.3) is 0 Å². The number of alkyl halides is 12. The minimum atomic E-state index is -7.41. The zero-order valence-corrected chi connectivity index (χ0v) is 7.79. The van der Waals surface area contributed by atoms with E-state index in [1.165, 1.54) is 0 Å². The molecule has 0 amide bonds. The Morgan fingerprint density at radius 1 is 0.471 bits per heavy atom. The Hall–Kier alpha value is -0.480. The van der Waals surface area contributed by atoms with Gasteiger partial charge in [0.05, 0.1) is 0 Å². The number of hydrogen-bond donors (Lipinski definition) is 0.